The number of esters is 1. The highest BCUT2D eigenvalue weighted by molar-refractivity contribution is 5.98. The van der Waals surface area contributed by atoms with Gasteiger partial charge in [0.15, 0.2) is 6.10 Å². The summed E-state index contributed by atoms with van der Waals surface area (Å²) in [5.41, 5.74) is 0.673. The number of hydrogen-bond acceptors (Lipinski definition) is 6. The highest BCUT2D eigenvalue weighted by atomic mass is 19.4. The van der Waals surface area contributed by atoms with E-state index in [0.29, 0.717) is 5.69 Å². The number of ether oxygens (including phenoxy) is 2. The zero-order chi connectivity index (χ0) is 23.0. The van der Waals surface area contributed by atoms with Gasteiger partial charge in [-0.25, -0.2) is 4.79 Å². The van der Waals surface area contributed by atoms with Crippen molar-refractivity contribution < 1.29 is 37.0 Å². The number of anilines is 2. The first-order chi connectivity index (χ1) is 14.6. The Hall–Kier alpha value is -4.07. The molecule has 0 aliphatic carbocycles. The van der Waals surface area contributed by atoms with Crippen molar-refractivity contribution in [3.8, 4) is 11.8 Å². The van der Waals surface area contributed by atoms with Crippen molar-refractivity contribution in [3.05, 3.63) is 54.1 Å². The molecule has 0 saturated heterocycles. The molecule has 0 aromatic heterocycles. The molecule has 2 rings (SSSR count). The molecule has 0 bridgehead atoms. The maximum atomic E-state index is 12.2. The Kier molecular flexibility index (Phi) is 7.57. The van der Waals surface area contributed by atoms with Crippen molar-refractivity contribution in [3.63, 3.8) is 0 Å². The standard InChI is InChI=1S/C20H16F3N3O5/c1-12(18(28)26-15-6-8-16(9-7-15)31-20(21,22)23)30-19(29)13-2-4-14(5-3-13)25-17(27)10-11-24/h2-9,12H,10H2,1H3,(H,25,27)(H,26,28)/t12-/m1/s1. The van der Waals surface area contributed by atoms with Crippen molar-refractivity contribution >= 4 is 29.2 Å². The fourth-order valence-electron chi connectivity index (χ4n) is 2.23. The van der Waals surface area contributed by atoms with E-state index in [0.717, 1.165) is 12.1 Å². The monoisotopic (exact) mass is 435 g/mol. The van der Waals surface area contributed by atoms with Gasteiger partial charge in [0.1, 0.15) is 12.2 Å². The Bertz CT molecular complexity index is 983. The highest BCUT2D eigenvalue weighted by Crippen LogP contribution is 2.24. The molecule has 2 amide bonds. The molecule has 162 valence electrons. The Balaban J connectivity index is 1.90. The van der Waals surface area contributed by atoms with Gasteiger partial charge in [-0.15, -0.1) is 13.2 Å². The van der Waals surface area contributed by atoms with E-state index in [1.54, 1.807) is 6.07 Å². The minimum Gasteiger partial charge on any atom is -0.449 e. The van der Waals surface area contributed by atoms with Gasteiger partial charge in [0.2, 0.25) is 5.91 Å². The van der Waals surface area contributed by atoms with Crippen molar-refractivity contribution in [1.82, 2.24) is 0 Å². The summed E-state index contributed by atoms with van der Waals surface area (Å²) in [5, 5.41) is 13.3. The topological polar surface area (TPSA) is 118 Å². The molecule has 31 heavy (non-hydrogen) atoms. The minimum atomic E-state index is -4.83. The number of nitrogens with one attached hydrogen (secondary N) is 2. The Morgan fingerprint density at radius 1 is 1.00 bits per heavy atom. The summed E-state index contributed by atoms with van der Waals surface area (Å²) in [4.78, 5) is 35.7. The second-order valence-corrected chi connectivity index (χ2v) is 6.07. The summed E-state index contributed by atoms with van der Waals surface area (Å²) < 4.78 is 45.3. The number of rotatable bonds is 7. The largest absolute Gasteiger partial charge is 0.573 e. The quantitative estimate of drug-likeness (QED) is 0.642. The van der Waals surface area contributed by atoms with Crippen LogP contribution in [0.3, 0.4) is 0 Å². The average molecular weight is 435 g/mol. The lowest BCUT2D eigenvalue weighted by Gasteiger charge is -2.14. The van der Waals surface area contributed by atoms with E-state index in [2.05, 4.69) is 15.4 Å². The van der Waals surface area contributed by atoms with Crippen LogP contribution in [-0.2, 0) is 14.3 Å². The van der Waals surface area contributed by atoms with Gasteiger partial charge in [-0.1, -0.05) is 0 Å². The Morgan fingerprint density at radius 2 is 1.55 bits per heavy atom. The van der Waals surface area contributed by atoms with Gasteiger partial charge in [-0.05, 0) is 55.5 Å². The van der Waals surface area contributed by atoms with Gasteiger partial charge in [0.25, 0.3) is 5.91 Å². The van der Waals surface area contributed by atoms with Gasteiger partial charge >= 0.3 is 12.3 Å². The Labute approximate surface area is 174 Å². The van der Waals surface area contributed by atoms with Crippen LogP contribution in [0, 0.1) is 11.3 Å². The predicted molar refractivity (Wildman–Crippen MR) is 102 cm³/mol. The number of halogens is 3. The number of carbonyl (C=O) groups excluding carboxylic acids is 3. The number of nitriles is 1. The van der Waals surface area contributed by atoms with Crippen LogP contribution in [0.1, 0.15) is 23.7 Å². The molecule has 1 atom stereocenters. The van der Waals surface area contributed by atoms with Gasteiger partial charge in [-0.3, -0.25) is 9.59 Å². The van der Waals surface area contributed by atoms with Crippen molar-refractivity contribution in [2.75, 3.05) is 10.6 Å². The number of nitrogens with zero attached hydrogens (tertiary/aromatic N) is 1. The number of carbonyl (C=O) groups is 3. The number of alkyl halides is 3. The number of benzene rings is 2. The zero-order valence-corrected chi connectivity index (χ0v) is 16.0. The van der Waals surface area contributed by atoms with Gasteiger partial charge < -0.3 is 20.1 Å². The molecule has 0 fully saturated rings. The maximum absolute atomic E-state index is 12.2. The highest BCUT2D eigenvalue weighted by Gasteiger charge is 2.31. The van der Waals surface area contributed by atoms with Crippen LogP contribution in [0.5, 0.6) is 5.75 Å². The molecule has 0 aliphatic heterocycles. The SMILES string of the molecule is C[C@@H](OC(=O)c1ccc(NC(=O)CC#N)cc1)C(=O)Nc1ccc(OC(F)(F)F)cc1. The van der Waals surface area contributed by atoms with Gasteiger partial charge in [0, 0.05) is 11.4 Å². The van der Waals surface area contributed by atoms with E-state index in [9.17, 15) is 27.6 Å². The Morgan fingerprint density at radius 3 is 2.10 bits per heavy atom. The van der Waals surface area contributed by atoms with E-state index in [1.807, 2.05) is 0 Å². The fourth-order valence-corrected chi connectivity index (χ4v) is 2.23. The molecule has 0 heterocycles. The fraction of sp³-hybridized carbons (Fsp3) is 0.200. The number of amides is 2. The molecular formula is C20H16F3N3O5. The maximum Gasteiger partial charge on any atom is 0.573 e. The minimum absolute atomic E-state index is 0.117. The summed E-state index contributed by atoms with van der Waals surface area (Å²) in [5.74, 6) is -2.44. The molecule has 0 saturated carbocycles. The van der Waals surface area contributed by atoms with E-state index in [4.69, 9.17) is 10.00 Å². The summed E-state index contributed by atoms with van der Waals surface area (Å²) in [6, 6.07) is 11.8. The second-order valence-electron chi connectivity index (χ2n) is 6.07. The molecule has 2 N–H and O–H groups in total. The third-order valence-electron chi connectivity index (χ3n) is 3.65. The van der Waals surface area contributed by atoms with Crippen LogP contribution in [0.2, 0.25) is 0 Å². The number of hydrogen-bond donors (Lipinski definition) is 2. The first-order valence-electron chi connectivity index (χ1n) is 8.72. The normalized spacial score (nSPS) is 11.6. The van der Waals surface area contributed by atoms with Crippen LogP contribution in [0.4, 0.5) is 24.5 Å². The third-order valence-corrected chi connectivity index (χ3v) is 3.65. The van der Waals surface area contributed by atoms with Crippen molar-refractivity contribution in [1.29, 1.82) is 5.26 Å². The molecule has 0 spiro atoms. The molecule has 2 aromatic carbocycles. The third kappa shape index (κ3) is 7.69. The lowest BCUT2D eigenvalue weighted by molar-refractivity contribution is -0.274. The van der Waals surface area contributed by atoms with Crippen molar-refractivity contribution in [2.45, 2.75) is 25.8 Å². The first-order valence-corrected chi connectivity index (χ1v) is 8.72. The van der Waals surface area contributed by atoms with Gasteiger partial charge in [-0.2, -0.15) is 5.26 Å². The smallest absolute Gasteiger partial charge is 0.449 e. The van der Waals surface area contributed by atoms with Crippen LogP contribution in [0.25, 0.3) is 0 Å². The molecule has 0 aliphatic rings. The second kappa shape index (κ2) is 10.1. The average Bonchev–Trinajstić information content (AvgIpc) is 2.69. The van der Waals surface area contributed by atoms with Crippen LogP contribution < -0.4 is 15.4 Å². The first kappa shape index (κ1) is 23.2. The lowest BCUT2D eigenvalue weighted by Crippen LogP contribution is -2.30. The van der Waals surface area contributed by atoms with Crippen LogP contribution >= 0.6 is 0 Å². The summed E-state index contributed by atoms with van der Waals surface area (Å²) >= 11 is 0. The zero-order valence-electron chi connectivity index (χ0n) is 16.0. The van der Waals surface area contributed by atoms with Crippen LogP contribution in [-0.4, -0.2) is 30.2 Å². The van der Waals surface area contributed by atoms with E-state index >= 15 is 0 Å². The molecule has 11 heteroatoms. The van der Waals surface area contributed by atoms with Crippen molar-refractivity contribution in [2.24, 2.45) is 0 Å². The lowest BCUT2D eigenvalue weighted by atomic mass is 10.2. The molecule has 0 unspecified atom stereocenters. The summed E-state index contributed by atoms with van der Waals surface area (Å²) in [6.07, 6.45) is -6.34. The summed E-state index contributed by atoms with van der Waals surface area (Å²) in [6.45, 7) is 1.32. The molecule has 0 radical (unpaired) electrons. The van der Waals surface area contributed by atoms with E-state index < -0.39 is 36.0 Å². The molecular weight excluding hydrogens is 419 g/mol. The molecule has 8 nitrogen and oxygen atoms in total. The predicted octanol–water partition coefficient (Wildman–Crippen LogP) is 3.62. The van der Waals surface area contributed by atoms with E-state index in [-0.39, 0.29) is 17.7 Å². The van der Waals surface area contributed by atoms with Crippen LogP contribution in [0.15, 0.2) is 48.5 Å². The van der Waals surface area contributed by atoms with Gasteiger partial charge in [0.05, 0.1) is 11.6 Å². The van der Waals surface area contributed by atoms with E-state index in [1.165, 1.54) is 43.3 Å². The molecule has 2 aromatic rings. The summed E-state index contributed by atoms with van der Waals surface area (Å²) in [7, 11) is 0.